The second kappa shape index (κ2) is 6.62. The van der Waals surface area contributed by atoms with Gasteiger partial charge in [0.25, 0.3) is 0 Å². The van der Waals surface area contributed by atoms with Crippen molar-refractivity contribution < 1.29 is 4.79 Å². The summed E-state index contributed by atoms with van der Waals surface area (Å²) < 4.78 is 0.969. The molecule has 0 radical (unpaired) electrons. The number of aliphatic imine (C=N–C) groups is 1. The molecule has 0 aromatic heterocycles. The van der Waals surface area contributed by atoms with E-state index in [0.717, 1.165) is 40.3 Å². The molecule has 2 aromatic rings. The van der Waals surface area contributed by atoms with E-state index < -0.39 is 0 Å². The highest BCUT2D eigenvalue weighted by Gasteiger charge is 2.09. The highest BCUT2D eigenvalue weighted by molar-refractivity contribution is 9.10. The predicted molar refractivity (Wildman–Crippen MR) is 92.6 cm³/mol. The van der Waals surface area contributed by atoms with Gasteiger partial charge in [-0.3, -0.25) is 4.99 Å². The summed E-state index contributed by atoms with van der Waals surface area (Å²) in [6, 6.07) is 14.7. The zero-order chi connectivity index (χ0) is 15.4. The fourth-order valence-electron chi connectivity index (χ4n) is 2.16. The van der Waals surface area contributed by atoms with E-state index in [4.69, 9.17) is 0 Å². The smallest absolute Gasteiger partial charge is 0.323 e. The van der Waals surface area contributed by atoms with E-state index in [9.17, 15) is 4.79 Å². The van der Waals surface area contributed by atoms with Crippen molar-refractivity contribution in [3.63, 3.8) is 0 Å². The number of nitrogens with zero attached hydrogens (tertiary/aromatic N) is 1. The zero-order valence-electron chi connectivity index (χ0n) is 11.8. The Balaban J connectivity index is 1.66. The van der Waals surface area contributed by atoms with Crippen molar-refractivity contribution in [1.29, 1.82) is 0 Å². The molecule has 2 aromatic carbocycles. The number of carbonyl (C=O) groups is 1. The average Bonchev–Trinajstić information content (AvgIpc) is 3.04. The zero-order valence-corrected chi connectivity index (χ0v) is 13.4. The number of benzene rings is 2. The van der Waals surface area contributed by atoms with E-state index in [1.54, 1.807) is 0 Å². The molecular formula is C16H15BrN4O. The van der Waals surface area contributed by atoms with E-state index in [1.165, 1.54) is 0 Å². The number of amides is 2. The number of amidine groups is 1. The molecule has 112 valence electrons. The van der Waals surface area contributed by atoms with Gasteiger partial charge in [0.2, 0.25) is 0 Å². The lowest BCUT2D eigenvalue weighted by Crippen LogP contribution is -2.21. The predicted octanol–water partition coefficient (Wildman–Crippen LogP) is 3.44. The second-order valence-corrected chi connectivity index (χ2v) is 5.74. The van der Waals surface area contributed by atoms with Crippen LogP contribution in [0, 0.1) is 0 Å². The largest absolute Gasteiger partial charge is 0.368 e. The number of rotatable bonds is 3. The first-order valence-electron chi connectivity index (χ1n) is 6.93. The van der Waals surface area contributed by atoms with Crippen molar-refractivity contribution in [1.82, 2.24) is 5.32 Å². The first kappa shape index (κ1) is 14.6. The summed E-state index contributed by atoms with van der Waals surface area (Å²) in [7, 11) is 0. The third-order valence-corrected chi connectivity index (χ3v) is 3.70. The second-order valence-electron chi connectivity index (χ2n) is 4.82. The minimum Gasteiger partial charge on any atom is -0.368 e. The van der Waals surface area contributed by atoms with Crippen LogP contribution in [0.15, 0.2) is 58.0 Å². The average molecular weight is 359 g/mol. The number of urea groups is 1. The summed E-state index contributed by atoms with van der Waals surface area (Å²) in [5.74, 6) is 0.872. The fourth-order valence-corrected chi connectivity index (χ4v) is 2.43. The quantitative estimate of drug-likeness (QED) is 0.786. The maximum Gasteiger partial charge on any atom is 0.323 e. The van der Waals surface area contributed by atoms with Gasteiger partial charge in [-0.05, 0) is 36.4 Å². The molecule has 0 saturated carbocycles. The van der Waals surface area contributed by atoms with Crippen LogP contribution in [-0.2, 0) is 0 Å². The first-order chi connectivity index (χ1) is 10.7. The number of hydrogen-bond acceptors (Lipinski definition) is 3. The minimum atomic E-state index is -0.277. The van der Waals surface area contributed by atoms with Gasteiger partial charge in [0, 0.05) is 28.0 Å². The molecule has 1 heterocycles. The molecule has 1 aliphatic heterocycles. The molecule has 2 amide bonds. The molecule has 3 N–H and O–H groups in total. The molecule has 0 fully saturated rings. The third kappa shape index (κ3) is 3.65. The van der Waals surface area contributed by atoms with Crippen molar-refractivity contribution in [2.24, 2.45) is 4.99 Å². The van der Waals surface area contributed by atoms with Gasteiger partial charge in [-0.2, -0.15) is 0 Å². The van der Waals surface area contributed by atoms with E-state index in [0.29, 0.717) is 0 Å². The van der Waals surface area contributed by atoms with E-state index in [-0.39, 0.29) is 6.03 Å². The van der Waals surface area contributed by atoms with Crippen LogP contribution in [0.25, 0.3) is 0 Å². The Bertz CT molecular complexity index is 712. The standard InChI is InChI=1S/C16H15BrN4O/c17-12-4-6-13(7-5-12)20-16(22)21-14-3-1-2-11(10-14)15-18-8-9-19-15/h1-7,10H,8-9H2,(H,18,19)(H2,20,21,22). The van der Waals surface area contributed by atoms with Crippen LogP contribution in [0.1, 0.15) is 5.56 Å². The van der Waals surface area contributed by atoms with Gasteiger partial charge in [0.05, 0.1) is 6.54 Å². The van der Waals surface area contributed by atoms with Crippen LogP contribution in [0.2, 0.25) is 0 Å². The van der Waals surface area contributed by atoms with Gasteiger partial charge >= 0.3 is 6.03 Å². The minimum absolute atomic E-state index is 0.277. The Kier molecular flexibility index (Phi) is 4.39. The van der Waals surface area contributed by atoms with E-state index >= 15 is 0 Å². The lowest BCUT2D eigenvalue weighted by atomic mass is 10.2. The molecule has 0 unspecified atom stereocenters. The van der Waals surface area contributed by atoms with Crippen molar-refractivity contribution >= 4 is 39.2 Å². The number of anilines is 2. The molecule has 0 saturated heterocycles. The summed E-state index contributed by atoms with van der Waals surface area (Å²) >= 11 is 3.36. The number of hydrogen-bond donors (Lipinski definition) is 3. The molecule has 22 heavy (non-hydrogen) atoms. The summed E-state index contributed by atoms with van der Waals surface area (Å²) in [6.07, 6.45) is 0. The maximum atomic E-state index is 12.0. The monoisotopic (exact) mass is 358 g/mol. The normalized spacial score (nSPS) is 13.2. The van der Waals surface area contributed by atoms with E-state index in [1.807, 2.05) is 48.5 Å². The Morgan fingerprint density at radius 1 is 1.09 bits per heavy atom. The van der Waals surface area contributed by atoms with Crippen LogP contribution in [0.5, 0.6) is 0 Å². The highest BCUT2D eigenvalue weighted by atomic mass is 79.9. The van der Waals surface area contributed by atoms with Gasteiger partial charge in [-0.15, -0.1) is 0 Å². The van der Waals surface area contributed by atoms with Gasteiger partial charge in [0.15, 0.2) is 0 Å². The molecule has 5 nitrogen and oxygen atoms in total. The fraction of sp³-hybridized carbons (Fsp3) is 0.125. The molecule has 0 spiro atoms. The third-order valence-electron chi connectivity index (χ3n) is 3.17. The molecule has 6 heteroatoms. The van der Waals surface area contributed by atoms with Crippen molar-refractivity contribution in [3.05, 3.63) is 58.6 Å². The lowest BCUT2D eigenvalue weighted by Gasteiger charge is -2.09. The molecule has 0 bridgehead atoms. The topological polar surface area (TPSA) is 65.5 Å². The van der Waals surface area contributed by atoms with Crippen molar-refractivity contribution in [2.75, 3.05) is 23.7 Å². The molecule has 3 rings (SSSR count). The number of halogens is 1. The number of nitrogens with one attached hydrogen (secondary N) is 3. The molecular weight excluding hydrogens is 344 g/mol. The summed E-state index contributed by atoms with van der Waals surface area (Å²) in [5.41, 5.74) is 2.43. The van der Waals surface area contributed by atoms with Crippen LogP contribution in [0.4, 0.5) is 16.2 Å². The Labute approximate surface area is 137 Å². The summed E-state index contributed by atoms with van der Waals surface area (Å²) in [5, 5.41) is 8.83. The van der Waals surface area contributed by atoms with Gasteiger partial charge in [-0.1, -0.05) is 28.1 Å². The van der Waals surface area contributed by atoms with Gasteiger partial charge in [0.1, 0.15) is 5.84 Å². The van der Waals surface area contributed by atoms with Crippen LogP contribution in [0.3, 0.4) is 0 Å². The highest BCUT2D eigenvalue weighted by Crippen LogP contribution is 2.16. The van der Waals surface area contributed by atoms with Gasteiger partial charge < -0.3 is 16.0 Å². The molecule has 0 atom stereocenters. The van der Waals surface area contributed by atoms with Crippen molar-refractivity contribution in [2.45, 2.75) is 0 Å². The van der Waals surface area contributed by atoms with E-state index in [2.05, 4.69) is 36.9 Å². The number of carbonyl (C=O) groups excluding carboxylic acids is 1. The summed E-state index contributed by atoms with van der Waals surface area (Å²) in [6.45, 7) is 1.65. The Morgan fingerprint density at radius 3 is 2.59 bits per heavy atom. The Hall–Kier alpha value is -2.34. The SMILES string of the molecule is O=C(Nc1ccc(Br)cc1)Nc1cccc(C2=NCCN2)c1. The van der Waals surface area contributed by atoms with Crippen LogP contribution < -0.4 is 16.0 Å². The Morgan fingerprint density at radius 2 is 1.86 bits per heavy atom. The molecule has 1 aliphatic rings. The van der Waals surface area contributed by atoms with Crippen LogP contribution >= 0.6 is 15.9 Å². The summed E-state index contributed by atoms with van der Waals surface area (Å²) in [4.78, 5) is 16.4. The van der Waals surface area contributed by atoms with Crippen LogP contribution in [-0.4, -0.2) is 25.0 Å². The lowest BCUT2D eigenvalue weighted by molar-refractivity contribution is 0.262. The first-order valence-corrected chi connectivity index (χ1v) is 7.72. The van der Waals surface area contributed by atoms with Crippen molar-refractivity contribution in [3.8, 4) is 0 Å². The maximum absolute atomic E-state index is 12.0. The molecule has 0 aliphatic carbocycles. The van der Waals surface area contributed by atoms with Gasteiger partial charge in [-0.25, -0.2) is 4.79 Å².